The van der Waals surface area contributed by atoms with Crippen molar-refractivity contribution in [3.8, 4) is 43.4 Å². The van der Waals surface area contributed by atoms with E-state index in [1.54, 1.807) is 27.7 Å². The van der Waals surface area contributed by atoms with Gasteiger partial charge in [0.15, 0.2) is 11.6 Å². The van der Waals surface area contributed by atoms with Crippen molar-refractivity contribution in [1.82, 2.24) is 9.97 Å². The van der Waals surface area contributed by atoms with Crippen molar-refractivity contribution in [2.75, 3.05) is 0 Å². The quantitative estimate of drug-likeness (QED) is 0.0408. The number of hydrogen-bond donors (Lipinski definition) is 2. The summed E-state index contributed by atoms with van der Waals surface area (Å²) in [6.07, 6.45) is -12.2. The summed E-state index contributed by atoms with van der Waals surface area (Å²) in [6, 6.07) is 36.2. The number of aromatic nitrogens is 2. The largest absolute Gasteiger partial charge is 0.512 e. The second-order valence-corrected chi connectivity index (χ2v) is 40.6. The van der Waals surface area contributed by atoms with Crippen LogP contribution in [0.2, 0.25) is 0 Å². The molecule has 6 aromatic carbocycles. The molecule has 10 rings (SSSR count). The van der Waals surface area contributed by atoms with Crippen LogP contribution < -0.4 is 0 Å². The van der Waals surface area contributed by atoms with E-state index >= 15 is 0 Å². The molecule has 6 nitrogen and oxygen atoms in total. The standard InChI is InChI=1S/2C38H41F3NS.C13H21F3O2.C11H17F3O2.2Ir/c2*1-21(2)30-32-29(38(39,40)41)20-42-33(26-17-25-13-11-12-14-27(25)28(18-26)37(8,9)10)35(32)43-34(30)31-22(3)15-24(16-23(31)4)19-36(5,6)7;1-4-9(5-2)11(17)7-12(18)10(6-3)8-13(14,15)16;1-9(2,3)7(15)6-8(16)10(4,5)11(12,13)14;;/h2*11-16,18,20-21H,19H2,1-10H3;7,9-10,18H,4-6,8H2,1-3H3;6,15H,1-5H3;;/q2*-1;;;;. The van der Waals surface area contributed by atoms with Crippen molar-refractivity contribution in [2.45, 2.75) is 280 Å². The molecule has 0 aliphatic rings. The Bertz CT molecular complexity index is 5120. The fraction of sp³-hybridized carbons (Fsp3) is 0.480. The fourth-order valence-electron chi connectivity index (χ4n) is 15.2. The van der Waals surface area contributed by atoms with Gasteiger partial charge in [-0.3, -0.25) is 19.6 Å². The number of thiophene rings is 2. The number of carbonyl (C=O) groups is 2. The molecule has 0 bridgehead atoms. The van der Waals surface area contributed by atoms with Crippen LogP contribution in [0.4, 0.5) is 52.7 Å². The van der Waals surface area contributed by atoms with Crippen LogP contribution in [0.15, 0.2) is 121 Å². The van der Waals surface area contributed by atoms with Gasteiger partial charge in [0.1, 0.15) is 11.2 Å². The molecule has 22 heteroatoms. The number of nitrogens with zero attached hydrogens (tertiary/aromatic N) is 2. The Balaban J connectivity index is 0.000000314. The molecule has 122 heavy (non-hydrogen) atoms. The van der Waals surface area contributed by atoms with Gasteiger partial charge in [-0.05, 0) is 163 Å². The topological polar surface area (TPSA) is 100 Å². The van der Waals surface area contributed by atoms with Gasteiger partial charge in [-0.25, -0.2) is 0 Å². The van der Waals surface area contributed by atoms with E-state index in [0.29, 0.717) is 39.7 Å². The minimum Gasteiger partial charge on any atom is -0.512 e. The van der Waals surface area contributed by atoms with Crippen LogP contribution in [0.5, 0.6) is 0 Å². The molecule has 0 aliphatic carbocycles. The summed E-state index contributed by atoms with van der Waals surface area (Å²) in [6.45, 7) is 54.2. The van der Waals surface area contributed by atoms with Crippen LogP contribution in [0.1, 0.15) is 270 Å². The predicted molar refractivity (Wildman–Crippen MR) is 474 cm³/mol. The number of benzene rings is 6. The number of rotatable bonds is 17. The van der Waals surface area contributed by atoms with E-state index in [9.17, 15) is 72.5 Å². The smallest absolute Gasteiger partial charge is 0.418 e. The molecule has 0 spiro atoms. The molecule has 2 N–H and O–H groups in total. The number of fused-ring (bicyclic) bond motifs is 4. The molecule has 0 fully saturated rings. The number of aliphatic hydroxyl groups excluding tert-OH is 2. The van der Waals surface area contributed by atoms with E-state index in [1.165, 1.54) is 33.8 Å². The Morgan fingerprint density at radius 3 is 1.09 bits per heavy atom. The van der Waals surface area contributed by atoms with Gasteiger partial charge in [0.2, 0.25) is 0 Å². The fourth-order valence-corrected chi connectivity index (χ4v) is 18.5. The molecule has 670 valence electrons. The third-order valence-electron chi connectivity index (χ3n) is 21.5. The molecule has 1 atom stereocenters. The third kappa shape index (κ3) is 25.6. The summed E-state index contributed by atoms with van der Waals surface area (Å²) in [7, 11) is 0. The minimum absolute atomic E-state index is 0. The number of halogens is 12. The van der Waals surface area contributed by atoms with Crippen molar-refractivity contribution in [3.05, 3.63) is 200 Å². The van der Waals surface area contributed by atoms with E-state index < -0.39 is 70.5 Å². The van der Waals surface area contributed by atoms with Gasteiger partial charge in [0, 0.05) is 123 Å². The van der Waals surface area contributed by atoms with Crippen molar-refractivity contribution in [1.29, 1.82) is 0 Å². The first-order valence-corrected chi connectivity index (χ1v) is 42.6. The van der Waals surface area contributed by atoms with Gasteiger partial charge in [-0.15, -0.1) is 81.0 Å². The van der Waals surface area contributed by atoms with Crippen molar-refractivity contribution < 1.29 is 113 Å². The number of carbonyl (C=O) groups excluding carboxylic acids is 2. The van der Waals surface area contributed by atoms with Crippen LogP contribution in [-0.2, 0) is 85.8 Å². The molecule has 0 saturated carbocycles. The number of ketones is 2. The average molecular weight is 2090 g/mol. The number of pyridine rings is 2. The molecule has 0 aliphatic heterocycles. The van der Waals surface area contributed by atoms with Gasteiger partial charge in [0.25, 0.3) is 0 Å². The van der Waals surface area contributed by atoms with E-state index in [2.05, 4.69) is 181 Å². The van der Waals surface area contributed by atoms with Gasteiger partial charge < -0.3 is 10.2 Å². The molecular formula is C100H120F12Ir2N2O4S2-2. The summed E-state index contributed by atoms with van der Waals surface area (Å²) in [5, 5.41) is 23.7. The van der Waals surface area contributed by atoms with E-state index in [4.69, 9.17) is 0 Å². The summed E-state index contributed by atoms with van der Waals surface area (Å²) in [5.74, 6) is -3.75. The first-order chi connectivity index (χ1) is 54.8. The van der Waals surface area contributed by atoms with Gasteiger partial charge in [0.05, 0.1) is 23.3 Å². The normalized spacial score (nSPS) is 13.4. The monoisotopic (exact) mass is 2090 g/mol. The summed E-state index contributed by atoms with van der Waals surface area (Å²) in [5.41, 5.74) is 10.5. The zero-order valence-electron chi connectivity index (χ0n) is 75.6. The van der Waals surface area contributed by atoms with E-state index in [1.807, 2.05) is 77.9 Å². The summed E-state index contributed by atoms with van der Waals surface area (Å²) in [4.78, 5) is 34.0. The Morgan fingerprint density at radius 2 is 0.811 bits per heavy atom. The average Bonchev–Trinajstić information content (AvgIpc) is 1.57. The third-order valence-corrected chi connectivity index (χ3v) is 23.9. The maximum Gasteiger partial charge on any atom is 0.418 e. The van der Waals surface area contributed by atoms with Gasteiger partial charge in [-0.2, -0.15) is 52.7 Å². The molecule has 4 aromatic heterocycles. The van der Waals surface area contributed by atoms with Crippen molar-refractivity contribution >= 4 is 76.0 Å². The van der Waals surface area contributed by atoms with Gasteiger partial charge in [-0.1, -0.05) is 235 Å². The molecule has 4 heterocycles. The van der Waals surface area contributed by atoms with Crippen molar-refractivity contribution in [3.63, 3.8) is 0 Å². The molecule has 2 radical (unpaired) electrons. The SMILES string of the molecule is CC(C)(C)C(O)=CC(=O)C(C)(C)C(F)(F)F.CCC(CC)C(=O)C=C(O)C(CC)CC(F)(F)F.Cc1cc(CC(C)(C)C)cc(C)c1-c1sc2c(-c3[c-]c4ccccc4c(C(C)(C)C)c3)ncc(C(F)(F)F)c2c1C(C)C.Cc1cc(CC(C)(C)C)cc(C)c1-c1sc2c(-c3[c-]c4ccccc4c(C(C)(C)C)c3)ncc(C(F)(F)F)c2c1C(C)C.[Ir].[Ir]. The maximum absolute atomic E-state index is 14.7. The summed E-state index contributed by atoms with van der Waals surface area (Å²) >= 11 is 2.88. The van der Waals surface area contributed by atoms with Crippen LogP contribution in [0.3, 0.4) is 0 Å². The molecule has 0 amide bonds. The van der Waals surface area contributed by atoms with E-state index in [0.717, 1.165) is 143 Å². The molecule has 0 saturated heterocycles. The molecular weight excluding hydrogens is 1970 g/mol. The van der Waals surface area contributed by atoms with Crippen LogP contribution in [-0.4, -0.2) is 44.1 Å². The molecule has 1 unspecified atom stereocenters. The van der Waals surface area contributed by atoms with Crippen molar-refractivity contribution in [2.24, 2.45) is 33.5 Å². The first-order valence-electron chi connectivity index (χ1n) is 41.0. The van der Waals surface area contributed by atoms with Crippen LogP contribution in [0.25, 0.3) is 85.1 Å². The number of allylic oxidation sites excluding steroid dienone is 4. The van der Waals surface area contributed by atoms with E-state index in [-0.39, 0.29) is 108 Å². The maximum atomic E-state index is 14.7. The van der Waals surface area contributed by atoms with Crippen LogP contribution in [0, 0.1) is 73.3 Å². The van der Waals surface area contributed by atoms with Gasteiger partial charge >= 0.3 is 24.7 Å². The second kappa shape index (κ2) is 39.9. The first kappa shape index (κ1) is 105. The summed E-state index contributed by atoms with van der Waals surface area (Å²) < 4.78 is 163. The zero-order valence-corrected chi connectivity index (χ0v) is 82.0. The Labute approximate surface area is 749 Å². The number of hydrogen-bond acceptors (Lipinski definition) is 8. The zero-order chi connectivity index (χ0) is 91.0. The second-order valence-electron chi connectivity index (χ2n) is 38.6. The Kier molecular flexibility index (Phi) is 34.5. The number of aliphatic hydroxyl groups is 2. The Morgan fingerprint density at radius 1 is 0.475 bits per heavy atom. The predicted octanol–water partition coefficient (Wildman–Crippen LogP) is 32.5. The van der Waals surface area contributed by atoms with Crippen LogP contribution >= 0.6 is 22.7 Å². The number of alkyl halides is 12. The number of aryl methyl sites for hydroxylation is 4. The minimum atomic E-state index is -4.63. The molecule has 10 aromatic rings. The Hall–Kier alpha value is -7.06.